The summed E-state index contributed by atoms with van der Waals surface area (Å²) in [6, 6.07) is 1.24. The van der Waals surface area contributed by atoms with E-state index < -0.39 is 23.9 Å². The summed E-state index contributed by atoms with van der Waals surface area (Å²) < 4.78 is 30.9. The molecule has 3 N–H and O–H groups in total. The SMILES string of the molecule is Cc1c(-c2cc(C(F)F)nc3sc(C(N)=O)c(NC(=O)c4nn(C)cc4I)c23)cnn1C. The third-order valence-electron chi connectivity index (χ3n) is 4.89. The molecule has 9 nitrogen and oxygen atoms in total. The molecule has 4 heterocycles. The van der Waals surface area contributed by atoms with Crippen molar-refractivity contribution in [3.05, 3.63) is 44.0 Å². The minimum atomic E-state index is -2.83. The summed E-state index contributed by atoms with van der Waals surface area (Å²) in [5.41, 5.74) is 7.00. The highest BCUT2D eigenvalue weighted by Gasteiger charge is 2.27. The molecule has 0 atom stereocenters. The van der Waals surface area contributed by atoms with Crippen molar-refractivity contribution in [1.29, 1.82) is 0 Å². The molecule has 0 aliphatic carbocycles. The first-order valence-corrected chi connectivity index (χ1v) is 11.0. The molecule has 4 aromatic rings. The molecule has 4 rings (SSSR count). The molecular weight excluding hydrogens is 555 g/mol. The zero-order valence-corrected chi connectivity index (χ0v) is 20.0. The second-order valence-corrected chi connectivity index (χ2v) is 9.13. The van der Waals surface area contributed by atoms with Gasteiger partial charge in [-0.1, -0.05) is 0 Å². The number of aromatic nitrogens is 5. The monoisotopic (exact) mass is 571 g/mol. The molecule has 0 spiro atoms. The van der Waals surface area contributed by atoms with Gasteiger partial charge in [-0.2, -0.15) is 10.2 Å². The average molecular weight is 571 g/mol. The van der Waals surface area contributed by atoms with E-state index in [1.54, 1.807) is 31.9 Å². The number of fused-ring (bicyclic) bond motifs is 1. The number of thiophene rings is 1. The van der Waals surface area contributed by atoms with Crippen molar-refractivity contribution in [1.82, 2.24) is 24.5 Å². The number of primary amides is 1. The first-order valence-electron chi connectivity index (χ1n) is 9.13. The first kappa shape index (κ1) is 22.3. The van der Waals surface area contributed by atoms with Gasteiger partial charge in [-0.15, -0.1) is 11.3 Å². The van der Waals surface area contributed by atoms with Crippen LogP contribution in [0.3, 0.4) is 0 Å². The minimum absolute atomic E-state index is 0.000925. The van der Waals surface area contributed by atoms with Crippen LogP contribution in [0.15, 0.2) is 18.5 Å². The Kier molecular flexibility index (Phi) is 5.70. The summed E-state index contributed by atoms with van der Waals surface area (Å²) in [5, 5.41) is 11.4. The maximum Gasteiger partial charge on any atom is 0.280 e. The molecule has 0 aromatic carbocycles. The van der Waals surface area contributed by atoms with E-state index in [4.69, 9.17) is 5.73 Å². The molecule has 0 bridgehead atoms. The molecule has 166 valence electrons. The fourth-order valence-corrected chi connectivity index (χ4v) is 5.05. The van der Waals surface area contributed by atoms with Gasteiger partial charge in [0.2, 0.25) is 0 Å². The van der Waals surface area contributed by atoms with Crippen LogP contribution in [0.2, 0.25) is 0 Å². The quantitative estimate of drug-likeness (QED) is 0.355. The first-order chi connectivity index (χ1) is 15.1. The largest absolute Gasteiger partial charge is 0.365 e. The third-order valence-corrected chi connectivity index (χ3v) is 6.78. The van der Waals surface area contributed by atoms with Gasteiger partial charge in [0.25, 0.3) is 18.2 Å². The molecule has 0 saturated carbocycles. The van der Waals surface area contributed by atoms with Crippen molar-refractivity contribution in [3.8, 4) is 11.1 Å². The molecule has 0 aliphatic rings. The number of anilines is 1. The lowest BCUT2D eigenvalue weighted by Gasteiger charge is -2.10. The van der Waals surface area contributed by atoms with Gasteiger partial charge >= 0.3 is 0 Å². The lowest BCUT2D eigenvalue weighted by molar-refractivity contribution is 0.100. The number of nitrogens with one attached hydrogen (secondary N) is 1. The van der Waals surface area contributed by atoms with Gasteiger partial charge in [-0.05, 0) is 41.1 Å². The summed E-state index contributed by atoms with van der Waals surface area (Å²) >= 11 is 2.82. The Morgan fingerprint density at radius 1 is 1.28 bits per heavy atom. The van der Waals surface area contributed by atoms with E-state index in [0.717, 1.165) is 11.3 Å². The number of hydrogen-bond acceptors (Lipinski definition) is 6. The van der Waals surface area contributed by atoms with Crippen molar-refractivity contribution in [2.24, 2.45) is 19.8 Å². The van der Waals surface area contributed by atoms with Gasteiger partial charge in [0.05, 0.1) is 15.5 Å². The number of nitrogens with two attached hydrogens (primary N) is 1. The van der Waals surface area contributed by atoms with Crippen LogP contribution < -0.4 is 11.1 Å². The van der Waals surface area contributed by atoms with Crippen molar-refractivity contribution >= 4 is 61.6 Å². The number of aryl methyl sites for hydroxylation is 2. The molecule has 2 amide bonds. The molecule has 4 aromatic heterocycles. The Morgan fingerprint density at radius 3 is 2.53 bits per heavy atom. The number of halogens is 3. The second kappa shape index (κ2) is 8.20. The number of amides is 2. The predicted molar refractivity (Wildman–Crippen MR) is 124 cm³/mol. The van der Waals surface area contributed by atoms with E-state index >= 15 is 0 Å². The topological polar surface area (TPSA) is 121 Å². The van der Waals surface area contributed by atoms with Gasteiger partial charge in [0.15, 0.2) is 5.69 Å². The van der Waals surface area contributed by atoms with Crippen LogP contribution in [0.5, 0.6) is 0 Å². The number of carbonyl (C=O) groups is 2. The van der Waals surface area contributed by atoms with E-state index in [9.17, 15) is 18.4 Å². The summed E-state index contributed by atoms with van der Waals surface area (Å²) in [5.74, 6) is -1.38. The van der Waals surface area contributed by atoms with E-state index in [1.807, 2.05) is 22.6 Å². The van der Waals surface area contributed by atoms with Crippen LogP contribution in [0.1, 0.15) is 38.0 Å². The standard InChI is InChI=1S/C19H16F2IN7O2S/c1-7-9(5-24-29(7)3)8-4-11(16(20)21)25-19-12(8)14(15(32-19)17(23)30)26-18(31)13-10(22)6-28(2)27-13/h4-6,16H,1-3H3,(H2,23,30)(H,26,31). The molecule has 13 heteroatoms. The number of hydrogen-bond donors (Lipinski definition) is 2. The highest BCUT2D eigenvalue weighted by molar-refractivity contribution is 14.1. The summed E-state index contributed by atoms with van der Waals surface area (Å²) in [7, 11) is 3.40. The predicted octanol–water partition coefficient (Wildman–Crippen LogP) is 3.63. The molecule has 0 unspecified atom stereocenters. The Morgan fingerprint density at radius 2 is 2.00 bits per heavy atom. The number of alkyl halides is 2. The molecule has 0 radical (unpaired) electrons. The zero-order valence-electron chi connectivity index (χ0n) is 17.0. The maximum absolute atomic E-state index is 13.6. The van der Waals surface area contributed by atoms with Gasteiger partial charge in [0, 0.05) is 36.9 Å². The highest BCUT2D eigenvalue weighted by atomic mass is 127. The van der Waals surface area contributed by atoms with Crippen LogP contribution in [-0.2, 0) is 14.1 Å². The highest BCUT2D eigenvalue weighted by Crippen LogP contribution is 2.43. The molecule has 0 saturated heterocycles. The molecule has 0 fully saturated rings. The van der Waals surface area contributed by atoms with Crippen molar-refractivity contribution in [2.75, 3.05) is 5.32 Å². The van der Waals surface area contributed by atoms with Crippen LogP contribution in [0.25, 0.3) is 21.3 Å². The Labute approximate surface area is 197 Å². The van der Waals surface area contributed by atoms with Crippen LogP contribution in [0.4, 0.5) is 14.5 Å². The average Bonchev–Trinajstić information content (AvgIpc) is 3.37. The summed E-state index contributed by atoms with van der Waals surface area (Å²) in [6.07, 6.45) is 0.369. The van der Waals surface area contributed by atoms with Gasteiger partial charge in [-0.3, -0.25) is 19.0 Å². The fourth-order valence-electron chi connectivity index (χ4n) is 3.28. The Bertz CT molecular complexity index is 1390. The van der Waals surface area contributed by atoms with Crippen molar-refractivity contribution < 1.29 is 18.4 Å². The maximum atomic E-state index is 13.6. The number of pyridine rings is 1. The van der Waals surface area contributed by atoms with E-state index in [-0.39, 0.29) is 21.1 Å². The van der Waals surface area contributed by atoms with E-state index in [1.165, 1.54) is 16.9 Å². The molecule has 0 aliphatic heterocycles. The van der Waals surface area contributed by atoms with Crippen LogP contribution in [-0.4, -0.2) is 36.4 Å². The Hall–Kier alpha value is -2.94. The number of rotatable bonds is 5. The smallest absolute Gasteiger partial charge is 0.280 e. The van der Waals surface area contributed by atoms with Gasteiger partial charge in [-0.25, -0.2) is 13.8 Å². The second-order valence-electron chi connectivity index (χ2n) is 6.97. The summed E-state index contributed by atoms with van der Waals surface area (Å²) in [6.45, 7) is 1.78. The van der Waals surface area contributed by atoms with Crippen molar-refractivity contribution in [3.63, 3.8) is 0 Å². The number of nitrogens with zero attached hydrogens (tertiary/aromatic N) is 5. The number of carbonyl (C=O) groups excluding carboxylic acids is 2. The zero-order chi connectivity index (χ0) is 23.3. The summed E-state index contributed by atoms with van der Waals surface area (Å²) in [4.78, 5) is 29.3. The molecule has 32 heavy (non-hydrogen) atoms. The van der Waals surface area contributed by atoms with Crippen LogP contribution >= 0.6 is 33.9 Å². The van der Waals surface area contributed by atoms with Crippen LogP contribution in [0, 0.1) is 10.5 Å². The lowest BCUT2D eigenvalue weighted by atomic mass is 10.0. The fraction of sp³-hybridized carbons (Fsp3) is 0.211. The van der Waals surface area contributed by atoms with E-state index in [0.29, 0.717) is 25.8 Å². The van der Waals surface area contributed by atoms with E-state index in [2.05, 4.69) is 20.5 Å². The van der Waals surface area contributed by atoms with Crippen molar-refractivity contribution in [2.45, 2.75) is 13.3 Å². The minimum Gasteiger partial charge on any atom is -0.365 e. The lowest BCUT2D eigenvalue weighted by Crippen LogP contribution is -2.18. The Balaban J connectivity index is 2.00. The third kappa shape index (κ3) is 3.74. The molecular formula is C19H16F2IN7O2S. The van der Waals surface area contributed by atoms with Gasteiger partial charge < -0.3 is 11.1 Å². The normalized spacial score (nSPS) is 11.5. The van der Waals surface area contributed by atoms with Gasteiger partial charge in [0.1, 0.15) is 15.4 Å².